The van der Waals surface area contributed by atoms with E-state index < -0.39 is 67.2 Å². The summed E-state index contributed by atoms with van der Waals surface area (Å²) in [5, 5.41) is 38.1. The summed E-state index contributed by atoms with van der Waals surface area (Å²) >= 11 is 0. The molecule has 0 fully saturated rings. The minimum atomic E-state index is -4.67. The number of hydrogen-bond acceptors (Lipinski definition) is 18. The van der Waals surface area contributed by atoms with Gasteiger partial charge in [0.05, 0.1) is 31.9 Å². The first-order chi connectivity index (χ1) is 33.3. The summed E-state index contributed by atoms with van der Waals surface area (Å²) in [7, 11) is -18.4. The fraction of sp³-hybridized carbons (Fsp3) is 0.0638. The third-order valence-corrected chi connectivity index (χ3v) is 15.3. The second-order valence-corrected chi connectivity index (χ2v) is 22.0. The van der Waals surface area contributed by atoms with E-state index in [-0.39, 0.29) is 107 Å². The van der Waals surface area contributed by atoms with Gasteiger partial charge in [0.25, 0.3) is 20.2 Å². The Kier molecular flexibility index (Phi) is 14.6. The molecule has 0 aliphatic heterocycles. The number of benzene rings is 8. The zero-order valence-corrected chi connectivity index (χ0v) is 43.1. The molecule has 0 aliphatic carbocycles. The Morgan fingerprint density at radius 1 is 0.472 bits per heavy atom. The van der Waals surface area contributed by atoms with E-state index >= 15 is 0 Å². The van der Waals surface area contributed by atoms with E-state index in [2.05, 4.69) is 20.5 Å². The minimum Gasteiger partial charge on any atom is -0.507 e. The maximum atomic E-state index is 13.7. The van der Waals surface area contributed by atoms with Gasteiger partial charge in [-0.2, -0.15) is 33.7 Å². The van der Waals surface area contributed by atoms with Crippen LogP contribution in [0.5, 0.6) is 23.0 Å². The van der Waals surface area contributed by atoms with E-state index in [1.807, 2.05) is 13.8 Å². The van der Waals surface area contributed by atoms with Crippen molar-refractivity contribution in [2.75, 3.05) is 11.5 Å². The Morgan fingerprint density at radius 3 is 1.17 bits per heavy atom. The summed E-state index contributed by atoms with van der Waals surface area (Å²) in [5.41, 5.74) is 12.5. The second kappa shape index (κ2) is 19.9. The van der Waals surface area contributed by atoms with Crippen molar-refractivity contribution in [3.8, 4) is 23.0 Å². The topological polar surface area (TPSA) is 337 Å². The third kappa shape index (κ3) is 10.9. The van der Waals surface area contributed by atoms with E-state index in [4.69, 9.17) is 19.8 Å². The molecule has 72 heavy (non-hydrogen) atoms. The van der Waals surface area contributed by atoms with E-state index in [1.165, 1.54) is 97.1 Å². The van der Waals surface area contributed by atoms with Crippen LogP contribution >= 0.6 is 0 Å². The van der Waals surface area contributed by atoms with Gasteiger partial charge in [0.15, 0.2) is 0 Å². The van der Waals surface area contributed by atoms with Crippen molar-refractivity contribution >= 4 is 96.1 Å². The van der Waals surface area contributed by atoms with Gasteiger partial charge in [-0.05, 0) is 94.7 Å². The molecular formula is C47H38N6NaO14S4+. The number of azo groups is 2. The second-order valence-electron chi connectivity index (χ2n) is 16.1. The number of phenolic OH excluding ortho intramolecular Hbond substituents is 2. The predicted molar refractivity (Wildman–Crippen MR) is 262 cm³/mol. The molecule has 0 amide bonds. The van der Waals surface area contributed by atoms with Crippen LogP contribution in [0, 0.1) is 0 Å². The normalized spacial score (nSPS) is 12.6. The summed E-state index contributed by atoms with van der Waals surface area (Å²) < 4.78 is 132. The van der Waals surface area contributed by atoms with Crippen LogP contribution in [0.1, 0.15) is 25.0 Å². The van der Waals surface area contributed by atoms with Crippen LogP contribution in [0.4, 0.5) is 34.1 Å². The molecule has 0 saturated heterocycles. The number of rotatable bonds is 14. The van der Waals surface area contributed by atoms with Crippen molar-refractivity contribution in [2.24, 2.45) is 20.5 Å². The molecule has 364 valence electrons. The van der Waals surface area contributed by atoms with Crippen LogP contribution in [-0.4, -0.2) is 53.0 Å². The van der Waals surface area contributed by atoms with Gasteiger partial charge in [0, 0.05) is 17.5 Å². The fourth-order valence-corrected chi connectivity index (χ4v) is 10.6. The summed E-state index contributed by atoms with van der Waals surface area (Å²) in [5.74, 6) is -1.25. The molecule has 8 rings (SSSR count). The van der Waals surface area contributed by atoms with E-state index in [1.54, 1.807) is 24.3 Å². The molecule has 20 nitrogen and oxygen atoms in total. The van der Waals surface area contributed by atoms with Gasteiger partial charge in [0.1, 0.15) is 55.5 Å². The van der Waals surface area contributed by atoms with Crippen LogP contribution in [0.3, 0.4) is 0 Å². The zero-order valence-electron chi connectivity index (χ0n) is 37.8. The average Bonchev–Trinajstić information content (AvgIpc) is 3.30. The average molecular weight is 1060 g/mol. The Balaban J connectivity index is 0.00000760. The first-order valence-electron chi connectivity index (χ1n) is 20.5. The zero-order chi connectivity index (χ0) is 51.3. The van der Waals surface area contributed by atoms with Crippen LogP contribution in [0.15, 0.2) is 186 Å². The first kappa shape index (κ1) is 52.8. The molecule has 0 bridgehead atoms. The molecule has 8 N–H and O–H groups in total. The van der Waals surface area contributed by atoms with Crippen molar-refractivity contribution in [1.82, 2.24) is 0 Å². The third-order valence-electron chi connectivity index (χ3n) is 11.1. The standard InChI is InChI=1S/C47H38N6O14S4.Na/c1-47(2,29-13-17-31(18-14-29)66-70(62,63)41-9-5-3-7-37(41)50-52-45-35(48)21-11-27-23-33(68(56,57)58)25-39(54)43(27)45)30-15-19-32(20-16-30)67-71(64,65)42-10-6-4-8-38(42)51-53-46-36(49)22-12-28-24-34(69(59,60)61)26-40(55)44(28)46;/h3-26,54-55H,48-49H2,1-2H3,(H,56,57,58)(H,59,60,61);/q;+1. The number of nitrogen functional groups attached to an aromatic ring is 2. The van der Waals surface area contributed by atoms with Crippen molar-refractivity contribution < 1.29 is 90.9 Å². The van der Waals surface area contributed by atoms with E-state index in [0.29, 0.717) is 0 Å². The Hall–Kier alpha value is -7.00. The SMILES string of the molecule is CC(C)(c1ccc(OS(=O)(=O)c2ccccc2N=Nc2c(N)ccc3cc(S(=O)(=O)O)cc(O)c23)cc1)c1ccc(OS(=O)(=O)c2ccccc2N=Nc2c(N)ccc3cc(S(=O)(=O)O)cc(O)c23)cc1.[Na+]. The number of anilines is 2. The number of nitrogens with two attached hydrogens (primary N) is 2. The van der Waals surface area contributed by atoms with Gasteiger partial charge >= 0.3 is 49.8 Å². The number of fused-ring (bicyclic) bond motifs is 2. The van der Waals surface area contributed by atoms with Crippen LogP contribution in [0.25, 0.3) is 21.5 Å². The number of hydrogen-bond donors (Lipinski definition) is 6. The Labute approximate surface area is 434 Å². The Bertz CT molecular complexity index is 3730. The minimum absolute atomic E-state index is 0. The van der Waals surface area contributed by atoms with Crippen LogP contribution < -0.4 is 49.4 Å². The van der Waals surface area contributed by atoms with Gasteiger partial charge in [0.2, 0.25) is 0 Å². The van der Waals surface area contributed by atoms with Gasteiger partial charge in [-0.1, -0.05) is 74.5 Å². The van der Waals surface area contributed by atoms with Crippen molar-refractivity contribution in [1.29, 1.82) is 0 Å². The monoisotopic (exact) mass is 1060 g/mol. The molecule has 0 atom stereocenters. The Morgan fingerprint density at radius 2 is 0.819 bits per heavy atom. The smallest absolute Gasteiger partial charge is 0.507 e. The summed E-state index contributed by atoms with van der Waals surface area (Å²) in [6.07, 6.45) is 0. The van der Waals surface area contributed by atoms with Crippen molar-refractivity contribution in [2.45, 2.75) is 38.8 Å². The predicted octanol–water partition coefficient (Wildman–Crippen LogP) is 6.76. The maximum Gasteiger partial charge on any atom is 1.00 e. The molecular weight excluding hydrogens is 1020 g/mol. The van der Waals surface area contributed by atoms with Crippen LogP contribution in [0.2, 0.25) is 0 Å². The molecule has 0 heterocycles. The molecule has 0 radical (unpaired) electrons. The molecule has 0 unspecified atom stereocenters. The van der Waals surface area contributed by atoms with Crippen molar-refractivity contribution in [3.05, 3.63) is 157 Å². The van der Waals surface area contributed by atoms with Gasteiger partial charge in [-0.3, -0.25) is 9.11 Å². The molecule has 8 aromatic carbocycles. The number of phenols is 2. The fourth-order valence-electron chi connectivity index (χ4n) is 7.42. The quantitative estimate of drug-likeness (QED) is 0.0215. The molecule has 0 spiro atoms. The van der Waals surface area contributed by atoms with Crippen LogP contribution in [-0.2, 0) is 45.9 Å². The summed E-state index contributed by atoms with van der Waals surface area (Å²) in [4.78, 5) is -1.87. The number of nitrogens with zero attached hydrogens (tertiary/aromatic N) is 4. The van der Waals surface area contributed by atoms with Gasteiger partial charge < -0.3 is 30.0 Å². The maximum absolute atomic E-state index is 13.7. The van der Waals surface area contributed by atoms with E-state index in [9.17, 15) is 53.0 Å². The first-order valence-corrected chi connectivity index (χ1v) is 26.2. The largest absolute Gasteiger partial charge is 1.00 e. The molecule has 25 heteroatoms. The summed E-state index contributed by atoms with van der Waals surface area (Å²) in [6.45, 7) is 3.78. The molecule has 0 aromatic heterocycles. The van der Waals surface area contributed by atoms with E-state index in [0.717, 1.165) is 35.4 Å². The molecule has 8 aromatic rings. The van der Waals surface area contributed by atoms with Crippen molar-refractivity contribution in [3.63, 3.8) is 0 Å². The molecule has 0 aliphatic rings. The number of aromatic hydroxyl groups is 2. The van der Waals surface area contributed by atoms with Gasteiger partial charge in [-0.25, -0.2) is 0 Å². The molecule has 0 saturated carbocycles. The van der Waals surface area contributed by atoms with Gasteiger partial charge in [-0.15, -0.1) is 20.5 Å². The summed E-state index contributed by atoms with van der Waals surface area (Å²) in [6, 6.07) is 32.9.